The van der Waals surface area contributed by atoms with Crippen molar-refractivity contribution in [1.29, 1.82) is 0 Å². The van der Waals surface area contributed by atoms with Crippen molar-refractivity contribution in [2.75, 3.05) is 44.8 Å². The van der Waals surface area contributed by atoms with E-state index in [1.807, 2.05) is 12.1 Å². The first kappa shape index (κ1) is 26.9. The van der Waals surface area contributed by atoms with Gasteiger partial charge < -0.3 is 24.4 Å². The Kier molecular flexibility index (Phi) is 9.34. The van der Waals surface area contributed by atoms with Crippen LogP contribution in [0.15, 0.2) is 60.7 Å². The molecule has 0 radical (unpaired) electrons. The number of nitrogens with zero attached hydrogens (tertiary/aromatic N) is 2. The second-order valence-corrected chi connectivity index (χ2v) is 9.85. The molecule has 0 heterocycles. The largest absolute Gasteiger partial charge is 0.508 e. The number of ether oxygens (including phenoxy) is 2. The van der Waals surface area contributed by atoms with Crippen molar-refractivity contribution >= 4 is 5.69 Å². The molecule has 0 amide bonds. The normalized spacial score (nSPS) is 14.9. The van der Waals surface area contributed by atoms with E-state index in [9.17, 15) is 5.11 Å². The SMILES string of the molecule is CCN(CC)CCOc1ccc(CN(CC)c2cc(OC)ccc2C2CCc3cc(O)ccc3C2)cc1. The highest BCUT2D eigenvalue weighted by Gasteiger charge is 2.24. The minimum atomic E-state index is 0.361. The van der Waals surface area contributed by atoms with Crippen molar-refractivity contribution in [2.24, 2.45) is 0 Å². The molecule has 0 fully saturated rings. The van der Waals surface area contributed by atoms with Crippen LogP contribution < -0.4 is 14.4 Å². The van der Waals surface area contributed by atoms with E-state index in [1.54, 1.807) is 7.11 Å². The van der Waals surface area contributed by atoms with Gasteiger partial charge in [0.1, 0.15) is 23.9 Å². The number of methoxy groups -OCH3 is 1. The van der Waals surface area contributed by atoms with Crippen LogP contribution in [0.25, 0.3) is 0 Å². The highest BCUT2D eigenvalue weighted by atomic mass is 16.5. The molecule has 0 aliphatic heterocycles. The monoisotopic (exact) mass is 502 g/mol. The highest BCUT2D eigenvalue weighted by Crippen LogP contribution is 2.40. The summed E-state index contributed by atoms with van der Waals surface area (Å²) in [5.74, 6) is 2.61. The molecule has 198 valence electrons. The van der Waals surface area contributed by atoms with Gasteiger partial charge in [-0.15, -0.1) is 0 Å². The van der Waals surface area contributed by atoms with Crippen LogP contribution in [0.5, 0.6) is 17.2 Å². The second-order valence-electron chi connectivity index (χ2n) is 9.85. The fraction of sp³-hybridized carbons (Fsp3) is 0.438. The van der Waals surface area contributed by atoms with Crippen LogP contribution in [-0.4, -0.2) is 49.9 Å². The predicted octanol–water partition coefficient (Wildman–Crippen LogP) is 6.42. The van der Waals surface area contributed by atoms with Crippen molar-refractivity contribution in [3.05, 3.63) is 82.9 Å². The summed E-state index contributed by atoms with van der Waals surface area (Å²) in [5, 5.41) is 9.89. The molecule has 1 N–H and O–H groups in total. The summed E-state index contributed by atoms with van der Waals surface area (Å²) in [6.07, 6.45) is 3.06. The molecule has 37 heavy (non-hydrogen) atoms. The Balaban J connectivity index is 1.49. The molecule has 0 saturated heterocycles. The van der Waals surface area contributed by atoms with E-state index in [2.05, 4.69) is 79.1 Å². The molecule has 5 heteroatoms. The van der Waals surface area contributed by atoms with E-state index >= 15 is 0 Å². The van der Waals surface area contributed by atoms with E-state index < -0.39 is 0 Å². The maximum absolute atomic E-state index is 9.89. The first-order chi connectivity index (χ1) is 18.0. The number of aryl methyl sites for hydroxylation is 1. The zero-order chi connectivity index (χ0) is 26.2. The van der Waals surface area contributed by atoms with E-state index in [-0.39, 0.29) is 0 Å². The molecular formula is C32H42N2O3. The summed E-state index contributed by atoms with van der Waals surface area (Å²) >= 11 is 0. The average Bonchev–Trinajstić information content (AvgIpc) is 2.94. The van der Waals surface area contributed by atoms with Crippen molar-refractivity contribution in [3.8, 4) is 17.2 Å². The molecule has 0 aromatic heterocycles. The summed E-state index contributed by atoms with van der Waals surface area (Å²) in [6.45, 7) is 12.1. The number of anilines is 1. The van der Waals surface area contributed by atoms with Gasteiger partial charge >= 0.3 is 0 Å². The maximum atomic E-state index is 9.89. The van der Waals surface area contributed by atoms with E-state index in [0.29, 0.717) is 18.3 Å². The fourth-order valence-electron chi connectivity index (χ4n) is 5.39. The van der Waals surface area contributed by atoms with E-state index in [1.165, 1.54) is 27.9 Å². The van der Waals surface area contributed by atoms with Gasteiger partial charge in [0.2, 0.25) is 0 Å². The second kappa shape index (κ2) is 12.9. The number of fused-ring (bicyclic) bond motifs is 1. The van der Waals surface area contributed by atoms with Gasteiger partial charge in [0.05, 0.1) is 7.11 Å². The first-order valence-electron chi connectivity index (χ1n) is 13.7. The Morgan fingerprint density at radius 1 is 0.865 bits per heavy atom. The quantitative estimate of drug-likeness (QED) is 0.310. The Morgan fingerprint density at radius 3 is 2.32 bits per heavy atom. The van der Waals surface area contributed by atoms with Crippen molar-refractivity contribution in [2.45, 2.75) is 52.5 Å². The molecule has 0 bridgehead atoms. The van der Waals surface area contributed by atoms with Gasteiger partial charge in [0.15, 0.2) is 0 Å². The molecule has 1 unspecified atom stereocenters. The lowest BCUT2D eigenvalue weighted by atomic mass is 9.79. The highest BCUT2D eigenvalue weighted by molar-refractivity contribution is 5.60. The minimum absolute atomic E-state index is 0.361. The third-order valence-electron chi connectivity index (χ3n) is 7.69. The Labute approximate surface area is 222 Å². The molecule has 1 atom stereocenters. The molecule has 3 aromatic carbocycles. The molecule has 0 saturated carbocycles. The van der Waals surface area contributed by atoms with E-state index in [4.69, 9.17) is 9.47 Å². The predicted molar refractivity (Wildman–Crippen MR) is 152 cm³/mol. The standard InChI is InChI=1S/C32H42N2O3/c1-5-33(6-2)18-19-37-29-14-8-24(9-15-29)23-34(7-3)32-22-30(36-4)16-17-31(32)27-11-10-26-21-28(35)13-12-25(26)20-27/h8-9,12-17,21-22,27,35H,5-7,10-11,18-20,23H2,1-4H3. The average molecular weight is 503 g/mol. The Morgan fingerprint density at radius 2 is 1.62 bits per heavy atom. The van der Waals surface area contributed by atoms with E-state index in [0.717, 1.165) is 63.5 Å². The van der Waals surface area contributed by atoms with Gasteiger partial charge in [0, 0.05) is 31.4 Å². The molecule has 0 spiro atoms. The molecule has 4 rings (SSSR count). The van der Waals surface area contributed by atoms with Gasteiger partial charge in [-0.25, -0.2) is 0 Å². The summed E-state index contributed by atoms with van der Waals surface area (Å²) in [4.78, 5) is 4.81. The summed E-state index contributed by atoms with van der Waals surface area (Å²) in [7, 11) is 1.73. The lowest BCUT2D eigenvalue weighted by Crippen LogP contribution is -2.27. The van der Waals surface area contributed by atoms with Crippen LogP contribution in [-0.2, 0) is 19.4 Å². The molecule has 5 nitrogen and oxygen atoms in total. The van der Waals surface area contributed by atoms with Crippen LogP contribution in [0.3, 0.4) is 0 Å². The Hall–Kier alpha value is -3.18. The first-order valence-corrected chi connectivity index (χ1v) is 13.7. The molecule has 3 aromatic rings. The number of benzene rings is 3. The number of aromatic hydroxyl groups is 1. The number of phenols is 1. The lowest BCUT2D eigenvalue weighted by Gasteiger charge is -2.32. The van der Waals surface area contributed by atoms with Crippen LogP contribution in [0.4, 0.5) is 5.69 Å². The summed E-state index contributed by atoms with van der Waals surface area (Å²) in [6, 6.07) is 20.9. The van der Waals surface area contributed by atoms with Gasteiger partial charge in [-0.3, -0.25) is 0 Å². The number of hydrogen-bond acceptors (Lipinski definition) is 5. The third kappa shape index (κ3) is 6.78. The molecule has 1 aliphatic carbocycles. The fourth-order valence-corrected chi connectivity index (χ4v) is 5.39. The van der Waals surface area contributed by atoms with Gasteiger partial charge in [0.25, 0.3) is 0 Å². The Bertz CT molecular complexity index is 1140. The number of hydrogen-bond donors (Lipinski definition) is 1. The molecular weight excluding hydrogens is 460 g/mol. The van der Waals surface area contributed by atoms with Gasteiger partial charge in [-0.1, -0.05) is 38.1 Å². The minimum Gasteiger partial charge on any atom is -0.508 e. The lowest BCUT2D eigenvalue weighted by molar-refractivity contribution is 0.223. The van der Waals surface area contributed by atoms with Crippen LogP contribution in [0.1, 0.15) is 55.4 Å². The van der Waals surface area contributed by atoms with Gasteiger partial charge in [-0.2, -0.15) is 0 Å². The maximum Gasteiger partial charge on any atom is 0.120 e. The van der Waals surface area contributed by atoms with Gasteiger partial charge in [-0.05, 0) is 97.8 Å². The zero-order valence-corrected chi connectivity index (χ0v) is 22.9. The van der Waals surface area contributed by atoms with Crippen LogP contribution in [0.2, 0.25) is 0 Å². The number of phenolic OH excluding ortho intramolecular Hbond substituents is 1. The number of rotatable bonds is 12. The van der Waals surface area contributed by atoms with Crippen molar-refractivity contribution < 1.29 is 14.6 Å². The number of likely N-dealkylation sites (N-methyl/N-ethyl adjacent to an activating group) is 1. The van der Waals surface area contributed by atoms with Crippen LogP contribution >= 0.6 is 0 Å². The zero-order valence-electron chi connectivity index (χ0n) is 22.9. The summed E-state index contributed by atoms with van der Waals surface area (Å²) in [5.41, 5.74) is 6.50. The molecule has 1 aliphatic rings. The topological polar surface area (TPSA) is 45.2 Å². The summed E-state index contributed by atoms with van der Waals surface area (Å²) < 4.78 is 11.6. The van der Waals surface area contributed by atoms with Crippen molar-refractivity contribution in [3.63, 3.8) is 0 Å². The van der Waals surface area contributed by atoms with Crippen LogP contribution in [0, 0.1) is 0 Å². The van der Waals surface area contributed by atoms with Crippen molar-refractivity contribution in [1.82, 2.24) is 4.90 Å². The third-order valence-corrected chi connectivity index (χ3v) is 7.69. The smallest absolute Gasteiger partial charge is 0.120 e.